The summed E-state index contributed by atoms with van der Waals surface area (Å²) in [5.41, 5.74) is 1.71. The molecule has 0 saturated carbocycles. The molecule has 4 aromatic rings. The van der Waals surface area contributed by atoms with Crippen LogP contribution in [0.5, 0.6) is 0 Å². The summed E-state index contributed by atoms with van der Waals surface area (Å²) < 4.78 is 14.4. The standard InChI is InChI=1S/C20H15FN4O2S3/c1-10-17(30-19(22-10)16-4-3-7-28-16)18(27)25-20-24-15(9-29-20)13-6-5-12(8-14(13)21)23-11(2)26/h3-9H,1-2H3,(H,23,26)(H,24,25,27). The van der Waals surface area contributed by atoms with E-state index in [0.717, 1.165) is 9.88 Å². The summed E-state index contributed by atoms with van der Waals surface area (Å²) in [5, 5.41) is 10.1. The van der Waals surface area contributed by atoms with Gasteiger partial charge < -0.3 is 5.32 Å². The van der Waals surface area contributed by atoms with Crippen LogP contribution in [0.25, 0.3) is 21.1 Å². The Balaban J connectivity index is 1.51. The fraction of sp³-hybridized carbons (Fsp3) is 0.100. The monoisotopic (exact) mass is 458 g/mol. The highest BCUT2D eigenvalue weighted by atomic mass is 32.1. The molecule has 0 aliphatic rings. The van der Waals surface area contributed by atoms with Crippen molar-refractivity contribution in [1.29, 1.82) is 0 Å². The third-order valence-electron chi connectivity index (χ3n) is 4.02. The largest absolute Gasteiger partial charge is 0.326 e. The highest BCUT2D eigenvalue weighted by Gasteiger charge is 2.19. The maximum atomic E-state index is 14.4. The first kappa shape index (κ1) is 20.3. The molecule has 10 heteroatoms. The van der Waals surface area contributed by atoms with E-state index in [1.807, 2.05) is 17.5 Å². The summed E-state index contributed by atoms with van der Waals surface area (Å²) >= 11 is 4.10. The number of carbonyl (C=O) groups excluding carboxylic acids is 2. The van der Waals surface area contributed by atoms with Gasteiger partial charge in [0.15, 0.2) is 5.13 Å². The van der Waals surface area contributed by atoms with Crippen LogP contribution in [-0.4, -0.2) is 21.8 Å². The lowest BCUT2D eigenvalue weighted by Gasteiger charge is -2.05. The third kappa shape index (κ3) is 4.30. The lowest BCUT2D eigenvalue weighted by Crippen LogP contribution is -2.11. The Morgan fingerprint density at radius 2 is 1.93 bits per heavy atom. The van der Waals surface area contributed by atoms with E-state index in [1.54, 1.807) is 35.8 Å². The van der Waals surface area contributed by atoms with Gasteiger partial charge in [0.05, 0.1) is 16.3 Å². The number of carbonyl (C=O) groups is 2. The smallest absolute Gasteiger partial charge is 0.269 e. The molecule has 0 aliphatic heterocycles. The Hall–Kier alpha value is -2.95. The maximum absolute atomic E-state index is 14.4. The van der Waals surface area contributed by atoms with Crippen molar-refractivity contribution in [3.8, 4) is 21.1 Å². The predicted molar refractivity (Wildman–Crippen MR) is 120 cm³/mol. The number of hydrogen-bond donors (Lipinski definition) is 2. The van der Waals surface area contributed by atoms with E-state index in [9.17, 15) is 14.0 Å². The van der Waals surface area contributed by atoms with E-state index in [0.29, 0.717) is 27.1 Å². The van der Waals surface area contributed by atoms with Crippen LogP contribution in [0.1, 0.15) is 22.3 Å². The number of halogens is 1. The number of hydrogen-bond acceptors (Lipinski definition) is 7. The van der Waals surface area contributed by atoms with Gasteiger partial charge in [-0.2, -0.15) is 0 Å². The molecule has 0 spiro atoms. The van der Waals surface area contributed by atoms with Crippen LogP contribution in [0.4, 0.5) is 15.2 Å². The van der Waals surface area contributed by atoms with E-state index in [-0.39, 0.29) is 17.4 Å². The van der Waals surface area contributed by atoms with Crippen LogP contribution >= 0.6 is 34.0 Å². The van der Waals surface area contributed by atoms with Crippen LogP contribution in [0.3, 0.4) is 0 Å². The molecular formula is C20H15FN4O2S3. The average Bonchev–Trinajstić information content (AvgIpc) is 3.42. The van der Waals surface area contributed by atoms with E-state index in [2.05, 4.69) is 20.6 Å². The lowest BCUT2D eigenvalue weighted by molar-refractivity contribution is -0.114. The summed E-state index contributed by atoms with van der Waals surface area (Å²) in [6.07, 6.45) is 0. The van der Waals surface area contributed by atoms with Gasteiger partial charge in [-0.1, -0.05) is 6.07 Å². The molecule has 4 rings (SSSR count). The van der Waals surface area contributed by atoms with Gasteiger partial charge in [0.1, 0.15) is 15.7 Å². The minimum Gasteiger partial charge on any atom is -0.326 e. The zero-order valence-corrected chi connectivity index (χ0v) is 18.3. The highest BCUT2D eigenvalue weighted by molar-refractivity contribution is 7.22. The first-order valence-electron chi connectivity index (χ1n) is 8.76. The van der Waals surface area contributed by atoms with E-state index in [1.165, 1.54) is 35.7 Å². The number of amides is 2. The normalized spacial score (nSPS) is 10.8. The Labute approximate surface area is 183 Å². The molecule has 2 N–H and O–H groups in total. The molecule has 152 valence electrons. The van der Waals surface area contributed by atoms with Crippen LogP contribution in [0.2, 0.25) is 0 Å². The van der Waals surface area contributed by atoms with Crippen LogP contribution in [-0.2, 0) is 4.79 Å². The summed E-state index contributed by atoms with van der Waals surface area (Å²) in [5.74, 6) is -1.08. The van der Waals surface area contributed by atoms with Gasteiger partial charge in [0.25, 0.3) is 5.91 Å². The lowest BCUT2D eigenvalue weighted by atomic mass is 10.1. The van der Waals surface area contributed by atoms with Crippen molar-refractivity contribution in [1.82, 2.24) is 9.97 Å². The van der Waals surface area contributed by atoms with Crippen LogP contribution < -0.4 is 10.6 Å². The first-order chi connectivity index (χ1) is 14.4. The van der Waals surface area contributed by atoms with Crippen molar-refractivity contribution in [3.05, 3.63) is 57.5 Å². The molecule has 0 unspecified atom stereocenters. The van der Waals surface area contributed by atoms with Gasteiger partial charge in [0, 0.05) is 23.6 Å². The third-order valence-corrected chi connectivity index (χ3v) is 6.98. The molecule has 3 aromatic heterocycles. The number of nitrogens with one attached hydrogen (secondary N) is 2. The topological polar surface area (TPSA) is 84.0 Å². The SMILES string of the molecule is CC(=O)Nc1ccc(-c2csc(NC(=O)c3sc(-c4cccs4)nc3C)n2)c(F)c1. The second-order valence-corrected chi connectivity index (χ2v) is 9.08. The number of rotatable bonds is 5. The molecule has 0 saturated heterocycles. The summed E-state index contributed by atoms with van der Waals surface area (Å²) in [6.45, 7) is 3.15. The summed E-state index contributed by atoms with van der Waals surface area (Å²) in [6, 6.07) is 8.28. The van der Waals surface area contributed by atoms with E-state index in [4.69, 9.17) is 0 Å². The molecule has 0 atom stereocenters. The number of aryl methyl sites for hydroxylation is 1. The van der Waals surface area contributed by atoms with Crippen molar-refractivity contribution >= 4 is 56.6 Å². The molecule has 3 heterocycles. The number of thiazole rings is 2. The molecule has 30 heavy (non-hydrogen) atoms. The minimum atomic E-state index is -0.511. The molecule has 0 fully saturated rings. The molecule has 0 radical (unpaired) electrons. The first-order valence-corrected chi connectivity index (χ1v) is 11.3. The maximum Gasteiger partial charge on any atom is 0.269 e. The van der Waals surface area contributed by atoms with Crippen molar-refractivity contribution in [2.45, 2.75) is 13.8 Å². The van der Waals surface area contributed by atoms with Gasteiger partial charge in [-0.3, -0.25) is 14.9 Å². The second kappa shape index (κ2) is 8.42. The zero-order chi connectivity index (χ0) is 21.3. The second-order valence-electron chi connectivity index (χ2n) is 6.28. The van der Waals surface area contributed by atoms with Crippen LogP contribution in [0.15, 0.2) is 41.1 Å². The zero-order valence-electron chi connectivity index (χ0n) is 15.9. The molecule has 6 nitrogen and oxygen atoms in total. The van der Waals surface area contributed by atoms with Crippen LogP contribution in [0, 0.1) is 12.7 Å². The summed E-state index contributed by atoms with van der Waals surface area (Å²) in [7, 11) is 0. The number of nitrogens with zero attached hydrogens (tertiary/aromatic N) is 2. The molecular weight excluding hydrogens is 443 g/mol. The predicted octanol–water partition coefficient (Wildman–Crippen LogP) is 5.65. The number of benzene rings is 1. The summed E-state index contributed by atoms with van der Waals surface area (Å²) in [4.78, 5) is 34.1. The Morgan fingerprint density at radius 1 is 1.10 bits per heavy atom. The van der Waals surface area contributed by atoms with E-state index >= 15 is 0 Å². The molecule has 1 aromatic carbocycles. The van der Waals surface area contributed by atoms with Gasteiger partial charge >= 0.3 is 0 Å². The average molecular weight is 459 g/mol. The highest BCUT2D eigenvalue weighted by Crippen LogP contribution is 2.32. The van der Waals surface area contributed by atoms with Gasteiger partial charge in [-0.05, 0) is 36.6 Å². The Bertz CT molecular complexity index is 1230. The fourth-order valence-corrected chi connectivity index (χ4v) is 5.19. The number of anilines is 2. The van der Waals surface area contributed by atoms with Crippen molar-refractivity contribution in [2.24, 2.45) is 0 Å². The quantitative estimate of drug-likeness (QED) is 0.405. The number of aromatic nitrogens is 2. The van der Waals surface area contributed by atoms with Gasteiger partial charge in [0.2, 0.25) is 5.91 Å². The Morgan fingerprint density at radius 3 is 2.63 bits per heavy atom. The number of thiophene rings is 1. The van der Waals surface area contributed by atoms with Gasteiger partial charge in [-0.25, -0.2) is 14.4 Å². The molecule has 2 amide bonds. The molecule has 0 aliphatic carbocycles. The minimum absolute atomic E-state index is 0.276. The van der Waals surface area contributed by atoms with E-state index < -0.39 is 5.82 Å². The van der Waals surface area contributed by atoms with Crippen molar-refractivity contribution < 1.29 is 14.0 Å². The Kier molecular flexibility index (Phi) is 5.71. The van der Waals surface area contributed by atoms with Crippen molar-refractivity contribution in [3.63, 3.8) is 0 Å². The molecule has 0 bridgehead atoms. The van der Waals surface area contributed by atoms with Crippen molar-refractivity contribution in [2.75, 3.05) is 10.6 Å². The van der Waals surface area contributed by atoms with Gasteiger partial charge in [-0.15, -0.1) is 34.0 Å². The fourth-order valence-electron chi connectivity index (χ4n) is 2.73.